The van der Waals surface area contributed by atoms with E-state index in [9.17, 15) is 18.0 Å². The summed E-state index contributed by atoms with van der Waals surface area (Å²) in [6, 6.07) is 6.68. The van der Waals surface area contributed by atoms with E-state index in [0.29, 0.717) is 16.5 Å². The molecule has 0 amide bonds. The highest BCUT2D eigenvalue weighted by molar-refractivity contribution is 7.97. The third-order valence-corrected chi connectivity index (χ3v) is 4.61. The van der Waals surface area contributed by atoms with Gasteiger partial charge in [0, 0.05) is 28.7 Å². The second kappa shape index (κ2) is 7.63. The normalized spacial score (nSPS) is 13.3. The Balaban J connectivity index is 2.30. The highest BCUT2D eigenvalue weighted by atomic mass is 35.5. The number of alkyl halides is 3. The summed E-state index contributed by atoms with van der Waals surface area (Å²) in [6.45, 7) is 2.25. The Kier molecular flexibility index (Phi) is 6.01. The predicted molar refractivity (Wildman–Crippen MR) is 90.2 cm³/mol. The lowest BCUT2D eigenvalue weighted by Gasteiger charge is -2.29. The van der Waals surface area contributed by atoms with E-state index in [-0.39, 0.29) is 11.1 Å². The van der Waals surface area contributed by atoms with Crippen molar-refractivity contribution in [1.29, 1.82) is 0 Å². The van der Waals surface area contributed by atoms with Crippen LogP contribution in [0.3, 0.4) is 0 Å². The van der Waals surface area contributed by atoms with Crippen molar-refractivity contribution in [2.75, 3.05) is 7.05 Å². The van der Waals surface area contributed by atoms with Crippen LogP contribution in [0.25, 0.3) is 0 Å². The molecule has 8 heteroatoms. The molecule has 0 saturated heterocycles. The number of hydrogen-bond donors (Lipinski definition) is 0. The molecule has 2 aromatic rings. The van der Waals surface area contributed by atoms with Gasteiger partial charge in [-0.15, -0.1) is 0 Å². The van der Waals surface area contributed by atoms with Crippen LogP contribution in [0.2, 0.25) is 5.02 Å². The molecule has 130 valence electrons. The van der Waals surface area contributed by atoms with Gasteiger partial charge in [0.05, 0.1) is 0 Å². The van der Waals surface area contributed by atoms with Crippen molar-refractivity contribution >= 4 is 23.5 Å². The molecule has 1 aromatic carbocycles. The van der Waals surface area contributed by atoms with Crippen LogP contribution in [-0.4, -0.2) is 22.1 Å². The van der Waals surface area contributed by atoms with Crippen LogP contribution in [0.4, 0.5) is 13.2 Å². The molecule has 0 fully saturated rings. The third kappa shape index (κ3) is 4.55. The van der Waals surface area contributed by atoms with Crippen LogP contribution in [0.15, 0.2) is 52.3 Å². The van der Waals surface area contributed by atoms with Gasteiger partial charge in [-0.3, -0.25) is 4.79 Å². The molecule has 3 nitrogen and oxygen atoms in total. The number of rotatable bonds is 5. The molecular weight excluding hydrogens is 361 g/mol. The van der Waals surface area contributed by atoms with E-state index in [4.69, 9.17) is 11.6 Å². The molecule has 0 radical (unpaired) electrons. The Morgan fingerprint density at radius 2 is 1.83 bits per heavy atom. The van der Waals surface area contributed by atoms with Crippen molar-refractivity contribution in [2.45, 2.75) is 30.6 Å². The van der Waals surface area contributed by atoms with E-state index in [1.807, 2.05) is 0 Å². The molecule has 0 saturated carbocycles. The van der Waals surface area contributed by atoms with Crippen molar-refractivity contribution < 1.29 is 13.2 Å². The van der Waals surface area contributed by atoms with Crippen LogP contribution < -0.4 is 5.56 Å². The van der Waals surface area contributed by atoms with Crippen LogP contribution in [0.5, 0.6) is 0 Å². The number of aromatic nitrogens is 1. The number of benzene rings is 1. The van der Waals surface area contributed by atoms with Crippen LogP contribution >= 0.6 is 23.5 Å². The molecule has 24 heavy (non-hydrogen) atoms. The number of nitrogens with zero attached hydrogens (tertiary/aromatic N) is 2. The summed E-state index contributed by atoms with van der Waals surface area (Å²) in [6.07, 6.45) is -2.90. The van der Waals surface area contributed by atoms with E-state index in [1.54, 1.807) is 13.1 Å². The first-order chi connectivity index (χ1) is 11.2. The monoisotopic (exact) mass is 376 g/mol. The van der Waals surface area contributed by atoms with E-state index in [2.05, 4.69) is 0 Å². The molecule has 0 spiro atoms. The maximum atomic E-state index is 13.5. The third-order valence-electron chi connectivity index (χ3n) is 3.41. The number of halogens is 4. The number of aryl methyl sites for hydroxylation is 1. The van der Waals surface area contributed by atoms with Crippen molar-refractivity contribution in [3.8, 4) is 0 Å². The first kappa shape index (κ1) is 18.9. The minimum absolute atomic E-state index is 0.103. The zero-order valence-corrected chi connectivity index (χ0v) is 14.6. The maximum absolute atomic E-state index is 13.5. The highest BCUT2D eigenvalue weighted by Gasteiger charge is 2.44. The summed E-state index contributed by atoms with van der Waals surface area (Å²) in [5.41, 5.74) is -0.0831. The minimum atomic E-state index is -4.45. The van der Waals surface area contributed by atoms with Gasteiger partial charge in [-0.05, 0) is 49.7 Å². The van der Waals surface area contributed by atoms with E-state index in [1.165, 1.54) is 48.0 Å². The Morgan fingerprint density at radius 3 is 2.38 bits per heavy atom. The lowest BCUT2D eigenvalue weighted by Crippen LogP contribution is -2.32. The molecule has 1 atom stereocenters. The second-order valence-electron chi connectivity index (χ2n) is 5.12. The Labute approximate surface area is 147 Å². The van der Waals surface area contributed by atoms with Gasteiger partial charge in [0.25, 0.3) is 5.56 Å². The zero-order chi connectivity index (χ0) is 17.9. The van der Waals surface area contributed by atoms with Crippen LogP contribution in [0.1, 0.15) is 18.5 Å². The summed E-state index contributed by atoms with van der Waals surface area (Å²) >= 11 is 6.69. The fourth-order valence-electron chi connectivity index (χ4n) is 2.28. The van der Waals surface area contributed by atoms with Crippen LogP contribution in [0, 0.1) is 0 Å². The fraction of sp³-hybridized carbons (Fsp3) is 0.312. The fourth-order valence-corrected chi connectivity index (χ4v) is 3.39. The Hall–Kier alpha value is -1.44. The topological polar surface area (TPSA) is 25.2 Å². The summed E-state index contributed by atoms with van der Waals surface area (Å²) in [5, 5.41) is 0.380. The summed E-state index contributed by atoms with van der Waals surface area (Å²) in [7, 11) is 1.37. The molecule has 0 unspecified atom stereocenters. The average molecular weight is 377 g/mol. The van der Waals surface area contributed by atoms with Gasteiger partial charge < -0.3 is 4.57 Å². The summed E-state index contributed by atoms with van der Waals surface area (Å²) < 4.78 is 43.2. The first-order valence-electron chi connectivity index (χ1n) is 7.16. The van der Waals surface area contributed by atoms with Gasteiger partial charge in [-0.1, -0.05) is 23.7 Å². The molecule has 1 heterocycles. The SMILES string of the molecule is CCn1cc(SN(C)[C@H](c2ccc(Cl)cc2)C(F)(F)F)ccc1=O. The molecule has 0 bridgehead atoms. The van der Waals surface area contributed by atoms with E-state index < -0.39 is 12.2 Å². The molecule has 0 N–H and O–H groups in total. The largest absolute Gasteiger partial charge is 0.408 e. The van der Waals surface area contributed by atoms with Gasteiger partial charge in [0.1, 0.15) is 6.04 Å². The van der Waals surface area contributed by atoms with Crippen molar-refractivity contribution in [3.63, 3.8) is 0 Å². The molecule has 0 aliphatic heterocycles. The van der Waals surface area contributed by atoms with Gasteiger partial charge in [0.2, 0.25) is 0 Å². The van der Waals surface area contributed by atoms with E-state index in [0.717, 1.165) is 16.3 Å². The Bertz CT molecular complexity index is 746. The lowest BCUT2D eigenvalue weighted by atomic mass is 10.1. The quantitative estimate of drug-likeness (QED) is 0.703. The summed E-state index contributed by atoms with van der Waals surface area (Å²) in [5.74, 6) is 0. The summed E-state index contributed by atoms with van der Waals surface area (Å²) in [4.78, 5) is 12.1. The van der Waals surface area contributed by atoms with Gasteiger partial charge in [0.15, 0.2) is 0 Å². The van der Waals surface area contributed by atoms with Crippen molar-refractivity contribution in [2.24, 2.45) is 0 Å². The minimum Gasteiger partial charge on any atom is -0.315 e. The van der Waals surface area contributed by atoms with E-state index >= 15 is 0 Å². The molecule has 0 aliphatic carbocycles. The number of hydrogen-bond acceptors (Lipinski definition) is 3. The molecular formula is C16H16ClF3N2OS. The predicted octanol–water partition coefficient (Wildman–Crippen LogP) is 4.76. The van der Waals surface area contributed by atoms with Gasteiger partial charge in [-0.2, -0.15) is 13.2 Å². The molecule has 2 rings (SSSR count). The first-order valence-corrected chi connectivity index (χ1v) is 8.31. The maximum Gasteiger partial charge on any atom is 0.408 e. The average Bonchev–Trinajstić information content (AvgIpc) is 2.50. The second-order valence-corrected chi connectivity index (χ2v) is 6.79. The molecule has 1 aromatic heterocycles. The van der Waals surface area contributed by atoms with Crippen molar-refractivity contribution in [3.05, 3.63) is 63.5 Å². The number of pyridine rings is 1. The van der Waals surface area contributed by atoms with Crippen molar-refractivity contribution in [1.82, 2.24) is 8.87 Å². The smallest absolute Gasteiger partial charge is 0.315 e. The highest BCUT2D eigenvalue weighted by Crippen LogP contribution is 2.41. The zero-order valence-electron chi connectivity index (χ0n) is 13.0. The standard InChI is InChI=1S/C16H16ClF3N2OS/c1-3-22-10-13(8-9-14(22)23)24-21(2)15(16(18,19)20)11-4-6-12(17)7-5-11/h4-10,15H,3H2,1-2H3/t15-/m1/s1. The lowest BCUT2D eigenvalue weighted by molar-refractivity contribution is -0.169. The molecule has 0 aliphatic rings. The van der Waals surface area contributed by atoms with Gasteiger partial charge in [-0.25, -0.2) is 4.31 Å². The van der Waals surface area contributed by atoms with Gasteiger partial charge >= 0.3 is 6.18 Å². The Morgan fingerprint density at radius 1 is 1.21 bits per heavy atom. The van der Waals surface area contributed by atoms with Crippen LogP contribution in [-0.2, 0) is 6.54 Å².